The summed E-state index contributed by atoms with van der Waals surface area (Å²) in [5.74, 6) is -1.38. The quantitative estimate of drug-likeness (QED) is 0.0260. The highest BCUT2D eigenvalue weighted by atomic mass is 16.5. The van der Waals surface area contributed by atoms with Gasteiger partial charge in [-0.25, -0.2) is 4.98 Å². The topological polar surface area (TPSA) is 327 Å². The smallest absolute Gasteiger partial charge is 0.317 e. The number of hydrogen-bond donors (Lipinski definition) is 6. The molecule has 0 saturated carbocycles. The van der Waals surface area contributed by atoms with Gasteiger partial charge >= 0.3 is 11.9 Å². The maximum Gasteiger partial charge on any atom is 0.317 e. The van der Waals surface area contributed by atoms with Crippen LogP contribution in [0.1, 0.15) is 54.0 Å². The molecule has 404 valence electrons. The lowest BCUT2D eigenvalue weighted by Crippen LogP contribution is -2.46. The summed E-state index contributed by atoms with van der Waals surface area (Å²) in [6.07, 6.45) is 5.33. The number of allylic oxidation sites excluding steroid dienone is 2. The molecular formula is C50H69N9O15. The minimum Gasteiger partial charge on any atom is -0.493 e. The molecule has 74 heavy (non-hydrogen) atoms. The number of nitrogen functional groups attached to an aromatic ring is 2. The van der Waals surface area contributed by atoms with E-state index in [1.54, 1.807) is 17.2 Å². The van der Waals surface area contributed by atoms with Crippen LogP contribution in [-0.4, -0.2) is 196 Å². The van der Waals surface area contributed by atoms with Gasteiger partial charge in [0, 0.05) is 76.7 Å². The lowest BCUT2D eigenvalue weighted by molar-refractivity contribution is -0.140. The van der Waals surface area contributed by atoms with Crippen LogP contribution in [0.25, 0.3) is 5.57 Å². The van der Waals surface area contributed by atoms with Crippen molar-refractivity contribution in [3.63, 3.8) is 0 Å². The normalized spacial score (nSPS) is 12.0. The summed E-state index contributed by atoms with van der Waals surface area (Å²) in [5.41, 5.74) is 16.5. The highest BCUT2D eigenvalue weighted by molar-refractivity contribution is 6.01. The van der Waals surface area contributed by atoms with E-state index >= 15 is 0 Å². The summed E-state index contributed by atoms with van der Waals surface area (Å²) in [6, 6.07) is 9.15. The molecule has 0 spiro atoms. The second-order valence-electron chi connectivity index (χ2n) is 17.3. The van der Waals surface area contributed by atoms with Gasteiger partial charge in [-0.05, 0) is 65.8 Å². The van der Waals surface area contributed by atoms with Crippen molar-refractivity contribution in [3.05, 3.63) is 70.4 Å². The van der Waals surface area contributed by atoms with E-state index in [4.69, 9.17) is 39.9 Å². The minimum absolute atomic E-state index is 0.0173. The monoisotopic (exact) mass is 1040 g/mol. The molecule has 1 heterocycles. The Morgan fingerprint density at radius 1 is 0.770 bits per heavy atom. The average Bonchev–Trinajstić information content (AvgIpc) is 3.34. The van der Waals surface area contributed by atoms with E-state index in [-0.39, 0.29) is 128 Å². The maximum atomic E-state index is 13.1. The molecule has 0 atom stereocenters. The molecule has 0 bridgehead atoms. The molecule has 0 unspecified atom stereocenters. The van der Waals surface area contributed by atoms with Crippen molar-refractivity contribution in [1.82, 2.24) is 35.3 Å². The zero-order valence-electron chi connectivity index (χ0n) is 42.3. The van der Waals surface area contributed by atoms with Gasteiger partial charge in [-0.15, -0.1) is 0 Å². The highest BCUT2D eigenvalue weighted by Crippen LogP contribution is 2.39. The molecule has 0 saturated heterocycles. The van der Waals surface area contributed by atoms with Crippen LogP contribution in [0, 0.1) is 0 Å². The molecule has 0 radical (unpaired) electrons. The first kappa shape index (κ1) is 59.3. The molecule has 1 aromatic heterocycles. The molecule has 1 aliphatic rings. The number of carbonyl (C=O) groups is 7. The van der Waals surface area contributed by atoms with Crippen molar-refractivity contribution in [1.29, 1.82) is 0 Å². The number of anilines is 2. The number of Topliss-reactive ketones (excluding diaryl/α,β-unsaturated/α-hetero) is 1. The molecule has 0 aliphatic heterocycles. The van der Waals surface area contributed by atoms with Gasteiger partial charge in [0.25, 0.3) is 6.47 Å². The number of methoxy groups -OCH3 is 2. The van der Waals surface area contributed by atoms with Crippen molar-refractivity contribution >= 4 is 59.1 Å². The summed E-state index contributed by atoms with van der Waals surface area (Å²) in [6.45, 7) is 2.68. The van der Waals surface area contributed by atoms with Gasteiger partial charge in [0.2, 0.25) is 23.5 Å². The van der Waals surface area contributed by atoms with Gasteiger partial charge in [-0.3, -0.25) is 48.3 Å². The predicted molar refractivity (Wildman–Crippen MR) is 269 cm³/mol. The van der Waals surface area contributed by atoms with Crippen molar-refractivity contribution in [3.8, 4) is 17.2 Å². The molecule has 3 aromatic rings. The first-order valence-corrected chi connectivity index (χ1v) is 24.0. The Labute approximate surface area is 429 Å². The molecule has 4 rings (SSSR count). The number of rotatable bonds is 38. The van der Waals surface area contributed by atoms with E-state index in [0.29, 0.717) is 67.2 Å². The SMILES string of the molecule is COc1cc(Cc2cnc(N)nc2N)cc(OC)c1OCCCCC(=O)NCCOCCOCCNC(=O)CN(CCN(CCN(CC(=O)O)CC(=O)Cc1ccc2c(c1)CC(=O)C=C2C)COC=O)CC(=O)O. The number of nitrogens with two attached hydrogens (primary N) is 2. The molecule has 1 aliphatic carbocycles. The van der Waals surface area contributed by atoms with E-state index in [1.165, 1.54) is 24.0 Å². The Kier molecular flexibility index (Phi) is 25.7. The maximum absolute atomic E-state index is 13.1. The number of nitrogens with zero attached hydrogens (tertiary/aromatic N) is 5. The Hall–Kier alpha value is -7.25. The van der Waals surface area contributed by atoms with Gasteiger partial charge in [0.15, 0.2) is 23.1 Å². The van der Waals surface area contributed by atoms with Gasteiger partial charge in [-0.1, -0.05) is 18.2 Å². The standard InChI is InChI=1S/C50H69N9O15/c1-34-20-39(61)26-37-21-35(7-8-41(34)37)23-40(62)28-58(30-46(65)66)13-11-57(32-73-33-60)12-14-59(31-47(67)68)29-45(64)54-10-17-72-19-18-71-16-9-53-44(63)6-4-5-15-74-48-42(69-2)24-36(25-43(48)70-3)22-38-27-55-50(52)56-49(38)51/h7-8,20-21,24-25,27,33H,4-6,9-19,22-23,26,28-32H2,1-3H3,(H,53,63)(H,54,64)(H,65,66)(H,67,68)(H4,51,52,55,56). The fraction of sp³-hybridized carbons (Fsp3) is 0.500. The van der Waals surface area contributed by atoms with Gasteiger partial charge in [0.05, 0.1) is 73.4 Å². The first-order chi connectivity index (χ1) is 35.6. The van der Waals surface area contributed by atoms with Crippen molar-refractivity contribution in [2.75, 3.05) is 131 Å². The van der Waals surface area contributed by atoms with Crippen LogP contribution >= 0.6 is 0 Å². The third kappa shape index (κ3) is 21.8. The van der Waals surface area contributed by atoms with E-state index < -0.39 is 30.9 Å². The molecule has 24 nitrogen and oxygen atoms in total. The number of fused-ring (bicyclic) bond motifs is 1. The van der Waals surface area contributed by atoms with Crippen LogP contribution in [0.5, 0.6) is 17.2 Å². The van der Waals surface area contributed by atoms with Crippen LogP contribution in [0.3, 0.4) is 0 Å². The number of ketones is 2. The third-order valence-electron chi connectivity index (χ3n) is 11.4. The zero-order valence-corrected chi connectivity index (χ0v) is 42.3. The van der Waals surface area contributed by atoms with E-state index in [0.717, 1.165) is 22.3 Å². The second kappa shape index (κ2) is 32.0. The summed E-state index contributed by atoms with van der Waals surface area (Å²) >= 11 is 0. The van der Waals surface area contributed by atoms with Crippen LogP contribution in [0.4, 0.5) is 11.8 Å². The summed E-state index contributed by atoms with van der Waals surface area (Å²) in [4.78, 5) is 97.3. The molecule has 24 heteroatoms. The lowest BCUT2D eigenvalue weighted by Gasteiger charge is -2.28. The number of carboxylic acid groups (broad SMARTS) is 2. The number of benzene rings is 2. The zero-order chi connectivity index (χ0) is 53.8. The number of amides is 2. The highest BCUT2D eigenvalue weighted by Gasteiger charge is 2.21. The molecule has 2 aromatic carbocycles. The number of aromatic nitrogens is 2. The fourth-order valence-corrected chi connectivity index (χ4v) is 7.86. The van der Waals surface area contributed by atoms with E-state index in [2.05, 4.69) is 20.6 Å². The Bertz CT molecular complexity index is 2380. The number of unbranched alkanes of at least 4 members (excludes halogenated alkanes) is 1. The third-order valence-corrected chi connectivity index (χ3v) is 11.4. The number of ether oxygens (including phenoxy) is 6. The molecule has 2 amide bonds. The number of aliphatic carboxylic acids is 2. The number of carboxylic acids is 2. The van der Waals surface area contributed by atoms with Crippen molar-refractivity contribution in [2.45, 2.75) is 45.4 Å². The van der Waals surface area contributed by atoms with Crippen LogP contribution in [0.2, 0.25) is 0 Å². The molecule has 0 fully saturated rings. The fourth-order valence-electron chi connectivity index (χ4n) is 7.86. The first-order valence-electron chi connectivity index (χ1n) is 24.0. The molecule has 8 N–H and O–H groups in total. The van der Waals surface area contributed by atoms with Gasteiger partial charge in [-0.2, -0.15) is 4.98 Å². The average molecular weight is 1040 g/mol. The summed E-state index contributed by atoms with van der Waals surface area (Å²) in [5, 5.41) is 24.6. The van der Waals surface area contributed by atoms with E-state index in [1.807, 2.05) is 37.3 Å². The summed E-state index contributed by atoms with van der Waals surface area (Å²) < 4.78 is 33.1. The number of hydrogen-bond acceptors (Lipinski definition) is 20. The van der Waals surface area contributed by atoms with Crippen LogP contribution in [-0.2, 0) is 67.0 Å². The van der Waals surface area contributed by atoms with Gasteiger partial charge in [0.1, 0.15) is 12.5 Å². The predicted octanol–water partition coefficient (Wildman–Crippen LogP) is 0.610. The van der Waals surface area contributed by atoms with E-state index in [9.17, 15) is 43.8 Å². The summed E-state index contributed by atoms with van der Waals surface area (Å²) in [7, 11) is 3.06. The van der Waals surface area contributed by atoms with Gasteiger partial charge < -0.3 is 60.7 Å². The number of nitrogens with one attached hydrogen (secondary N) is 2. The lowest BCUT2D eigenvalue weighted by atomic mass is 9.89. The Balaban J connectivity index is 1.07. The molecular weight excluding hydrogens is 967 g/mol. The number of carbonyl (C=O) groups excluding carboxylic acids is 5. The Morgan fingerprint density at radius 3 is 2.00 bits per heavy atom. The Morgan fingerprint density at radius 2 is 1.39 bits per heavy atom. The van der Waals surface area contributed by atoms with Crippen LogP contribution in [0.15, 0.2) is 42.6 Å². The minimum atomic E-state index is -1.17. The van der Waals surface area contributed by atoms with Crippen molar-refractivity contribution in [2.24, 2.45) is 0 Å². The van der Waals surface area contributed by atoms with Crippen molar-refractivity contribution < 1.29 is 72.2 Å². The van der Waals surface area contributed by atoms with Crippen LogP contribution < -0.4 is 36.3 Å². The largest absolute Gasteiger partial charge is 0.493 e. The second-order valence-corrected chi connectivity index (χ2v) is 17.3.